The highest BCUT2D eigenvalue weighted by atomic mass is 35.5. The van der Waals surface area contributed by atoms with Gasteiger partial charge in [0.25, 0.3) is 0 Å². The van der Waals surface area contributed by atoms with Crippen LogP contribution in [0.5, 0.6) is 5.75 Å². The van der Waals surface area contributed by atoms with E-state index in [2.05, 4.69) is 37.8 Å². The average Bonchev–Trinajstić information content (AvgIpc) is 2.66. The Balaban J connectivity index is 0.00000171. The van der Waals surface area contributed by atoms with E-state index < -0.39 is 11.6 Å². The zero-order valence-corrected chi connectivity index (χ0v) is 19.9. The number of nitrogen functional groups attached to an aromatic ring is 1. The summed E-state index contributed by atoms with van der Waals surface area (Å²) in [6.45, 7) is 9.23. The van der Waals surface area contributed by atoms with Crippen molar-refractivity contribution in [1.29, 1.82) is 0 Å². The lowest BCUT2D eigenvalue weighted by molar-refractivity contribution is -0.0391. The molecule has 3 nitrogen and oxygen atoms in total. The van der Waals surface area contributed by atoms with E-state index >= 15 is 0 Å². The number of benzene rings is 2. The van der Waals surface area contributed by atoms with Crippen molar-refractivity contribution < 1.29 is 13.5 Å². The topological polar surface area (TPSA) is 38.5 Å². The molecule has 2 aromatic rings. The number of piperidine rings is 1. The summed E-state index contributed by atoms with van der Waals surface area (Å²) >= 11 is 0. The van der Waals surface area contributed by atoms with E-state index in [1.54, 1.807) is 0 Å². The molecule has 31 heavy (non-hydrogen) atoms. The summed E-state index contributed by atoms with van der Waals surface area (Å²) in [6, 6.07) is 10.5. The molecule has 2 atom stereocenters. The summed E-state index contributed by atoms with van der Waals surface area (Å²) in [7, 11) is 0. The van der Waals surface area contributed by atoms with Gasteiger partial charge < -0.3 is 10.5 Å². The molecule has 0 spiro atoms. The maximum atomic E-state index is 13.7. The van der Waals surface area contributed by atoms with Gasteiger partial charge in [-0.05, 0) is 60.5 Å². The van der Waals surface area contributed by atoms with Gasteiger partial charge in [0, 0.05) is 23.7 Å². The SMILES string of the molecule is CC1(C)[C@H]2Cc3c(N)cccc3[C@]1(C)CCN2CCCOc1c(F)cccc1F.Cl.Cl. The van der Waals surface area contributed by atoms with Gasteiger partial charge >= 0.3 is 0 Å². The second-order valence-corrected chi connectivity index (χ2v) is 9.19. The van der Waals surface area contributed by atoms with Crippen molar-refractivity contribution in [3.8, 4) is 5.75 Å². The fourth-order valence-corrected chi connectivity index (χ4v) is 5.41. The molecule has 0 aromatic heterocycles. The highest BCUT2D eigenvalue weighted by Gasteiger charge is 2.55. The van der Waals surface area contributed by atoms with Crippen molar-refractivity contribution in [2.24, 2.45) is 5.41 Å². The van der Waals surface area contributed by atoms with Crippen LogP contribution in [0.15, 0.2) is 36.4 Å². The molecule has 2 aromatic carbocycles. The van der Waals surface area contributed by atoms with Crippen LogP contribution in [0.25, 0.3) is 0 Å². The summed E-state index contributed by atoms with van der Waals surface area (Å²) in [4.78, 5) is 2.51. The molecule has 172 valence electrons. The second kappa shape index (κ2) is 9.51. The molecular weight excluding hydrogens is 441 g/mol. The van der Waals surface area contributed by atoms with Gasteiger partial charge in [0.2, 0.25) is 0 Å². The molecule has 4 rings (SSSR count). The van der Waals surface area contributed by atoms with Gasteiger partial charge in [-0.2, -0.15) is 0 Å². The lowest BCUT2D eigenvalue weighted by atomic mass is 9.51. The summed E-state index contributed by atoms with van der Waals surface area (Å²) in [5, 5.41) is 0. The molecule has 1 aliphatic heterocycles. The van der Waals surface area contributed by atoms with Crippen LogP contribution in [0.4, 0.5) is 14.5 Å². The van der Waals surface area contributed by atoms with Crippen molar-refractivity contribution in [1.82, 2.24) is 4.90 Å². The fraction of sp³-hybridized carbons (Fsp3) is 0.500. The van der Waals surface area contributed by atoms with Gasteiger partial charge in [-0.3, -0.25) is 4.90 Å². The summed E-state index contributed by atoms with van der Waals surface area (Å²) in [6.07, 6.45) is 2.72. The number of hydrogen-bond acceptors (Lipinski definition) is 3. The first kappa shape index (κ1) is 25.7. The minimum atomic E-state index is -0.653. The quantitative estimate of drug-likeness (QED) is 0.443. The number of likely N-dealkylation sites (tertiary alicyclic amines) is 1. The first-order chi connectivity index (χ1) is 13.8. The van der Waals surface area contributed by atoms with Crippen molar-refractivity contribution in [3.05, 3.63) is 59.2 Å². The predicted octanol–water partition coefficient (Wildman–Crippen LogP) is 5.77. The Morgan fingerprint density at radius 2 is 1.71 bits per heavy atom. The monoisotopic (exact) mass is 472 g/mol. The molecule has 2 aliphatic rings. The summed E-state index contributed by atoms with van der Waals surface area (Å²) < 4.78 is 32.9. The largest absolute Gasteiger partial charge is 0.488 e. The Morgan fingerprint density at radius 1 is 1.06 bits per heavy atom. The van der Waals surface area contributed by atoms with Crippen LogP contribution in [-0.4, -0.2) is 30.6 Å². The number of nitrogens with zero attached hydrogens (tertiary/aromatic N) is 1. The molecule has 1 heterocycles. The van der Waals surface area contributed by atoms with Gasteiger partial charge in [-0.15, -0.1) is 24.8 Å². The van der Waals surface area contributed by atoms with Crippen molar-refractivity contribution in [2.45, 2.75) is 51.5 Å². The molecule has 2 bridgehead atoms. The minimum absolute atomic E-state index is 0. The third-order valence-electron chi connectivity index (χ3n) is 7.55. The summed E-state index contributed by atoms with van der Waals surface area (Å²) in [5.41, 5.74) is 10.1. The molecule has 0 unspecified atom stereocenters. The number of fused-ring (bicyclic) bond motifs is 4. The first-order valence-corrected chi connectivity index (χ1v) is 10.4. The third kappa shape index (κ3) is 4.24. The molecule has 0 saturated carbocycles. The van der Waals surface area contributed by atoms with Crippen LogP contribution in [0.1, 0.15) is 44.7 Å². The van der Waals surface area contributed by atoms with Gasteiger partial charge in [-0.25, -0.2) is 8.78 Å². The molecule has 7 heteroatoms. The first-order valence-electron chi connectivity index (χ1n) is 10.4. The smallest absolute Gasteiger partial charge is 0.190 e. The van der Waals surface area contributed by atoms with Gasteiger partial charge in [0.1, 0.15) is 0 Å². The van der Waals surface area contributed by atoms with Crippen LogP contribution in [0.2, 0.25) is 0 Å². The third-order valence-corrected chi connectivity index (χ3v) is 7.55. The van der Waals surface area contributed by atoms with Gasteiger partial charge in [0.05, 0.1) is 6.61 Å². The van der Waals surface area contributed by atoms with E-state index in [-0.39, 0.29) is 48.0 Å². The Kier molecular flexibility index (Phi) is 7.89. The molecule has 2 N–H and O–H groups in total. The second-order valence-electron chi connectivity index (χ2n) is 9.19. The molecule has 1 saturated heterocycles. The van der Waals surface area contributed by atoms with Gasteiger partial charge in [0.15, 0.2) is 17.4 Å². The maximum Gasteiger partial charge on any atom is 0.190 e. The standard InChI is InChI=1S/C24H30F2N2O.2ClH/c1-23(2)21-15-16-17(7-4-10-20(16)27)24(23,3)11-13-28(21)12-6-14-29-22-18(25)8-5-9-19(22)26;;/h4-5,7-10,21H,6,11-15,27H2,1-3H3;2*1H/t21-,24+;;/m1../s1. The number of hydrogen-bond donors (Lipinski definition) is 1. The van der Waals surface area contributed by atoms with Crippen LogP contribution < -0.4 is 10.5 Å². The molecule has 0 amide bonds. The molecule has 1 fully saturated rings. The molecular formula is C24H32Cl2F2N2O. The summed E-state index contributed by atoms with van der Waals surface area (Å²) in [5.74, 6) is -1.59. The number of para-hydroxylation sites is 1. The Labute approximate surface area is 196 Å². The highest BCUT2D eigenvalue weighted by molar-refractivity contribution is 5.85. The number of rotatable bonds is 5. The zero-order chi connectivity index (χ0) is 20.8. The highest BCUT2D eigenvalue weighted by Crippen LogP contribution is 2.56. The number of ether oxygens (including phenoxy) is 1. The Hall–Kier alpha value is -1.56. The lowest BCUT2D eigenvalue weighted by Gasteiger charge is -2.61. The van der Waals surface area contributed by atoms with E-state index in [0.717, 1.165) is 31.6 Å². The van der Waals surface area contributed by atoms with Crippen LogP contribution in [0.3, 0.4) is 0 Å². The zero-order valence-electron chi connectivity index (χ0n) is 18.3. The van der Waals surface area contributed by atoms with Crippen molar-refractivity contribution in [2.75, 3.05) is 25.4 Å². The normalized spacial score (nSPS) is 23.8. The maximum absolute atomic E-state index is 13.7. The molecule has 1 aliphatic carbocycles. The van der Waals surface area contributed by atoms with Crippen LogP contribution >= 0.6 is 24.8 Å². The number of anilines is 1. The fourth-order valence-electron chi connectivity index (χ4n) is 5.41. The van der Waals surface area contributed by atoms with Crippen LogP contribution in [0, 0.1) is 17.0 Å². The minimum Gasteiger partial charge on any atom is -0.488 e. The van der Waals surface area contributed by atoms with Crippen LogP contribution in [-0.2, 0) is 11.8 Å². The molecule has 0 radical (unpaired) electrons. The Bertz CT molecular complexity index is 904. The van der Waals surface area contributed by atoms with E-state index in [4.69, 9.17) is 10.5 Å². The number of halogens is 4. The van der Waals surface area contributed by atoms with E-state index in [9.17, 15) is 8.78 Å². The number of nitrogens with two attached hydrogens (primary N) is 1. The van der Waals surface area contributed by atoms with E-state index in [1.165, 1.54) is 29.3 Å². The van der Waals surface area contributed by atoms with Gasteiger partial charge in [-0.1, -0.05) is 39.0 Å². The van der Waals surface area contributed by atoms with Crippen molar-refractivity contribution >= 4 is 30.5 Å². The van der Waals surface area contributed by atoms with E-state index in [1.807, 2.05) is 6.07 Å². The van der Waals surface area contributed by atoms with E-state index in [0.29, 0.717) is 12.5 Å². The lowest BCUT2D eigenvalue weighted by Crippen LogP contribution is -2.63. The predicted molar refractivity (Wildman–Crippen MR) is 127 cm³/mol. The Morgan fingerprint density at radius 3 is 2.39 bits per heavy atom. The van der Waals surface area contributed by atoms with Crippen molar-refractivity contribution in [3.63, 3.8) is 0 Å². The average molecular weight is 473 g/mol.